The minimum Gasteiger partial charge on any atom is -0.322 e. The molecule has 5 nitrogen and oxygen atoms in total. The summed E-state index contributed by atoms with van der Waals surface area (Å²) in [5, 5.41) is 13.4. The number of nitro groups is 1. The first-order valence-corrected chi connectivity index (χ1v) is 6.94. The topological polar surface area (TPSA) is 72.2 Å². The summed E-state index contributed by atoms with van der Waals surface area (Å²) in [6.07, 6.45) is 2.42. The number of carbonyl (C=O) groups excluding carboxylic acids is 1. The average molecular weight is 335 g/mol. The Labute approximate surface area is 136 Å². The Kier molecular flexibility index (Phi) is 5.08. The van der Waals surface area contributed by atoms with E-state index in [2.05, 4.69) is 5.32 Å². The maximum absolute atomic E-state index is 13.6. The van der Waals surface area contributed by atoms with Crippen LogP contribution >= 0.6 is 11.6 Å². The Hall–Kier alpha value is -2.73. The maximum Gasteiger partial charge on any atom is 0.269 e. The largest absolute Gasteiger partial charge is 0.322 e. The second-order valence-corrected chi connectivity index (χ2v) is 5.12. The molecule has 2 aromatic rings. The standard InChI is InChI=1S/C16H12ClFN2O3/c1-10-9-11(20(22)23)5-7-15(10)19-16(21)8-6-12-13(17)3-2-4-14(12)18/h2-9H,1H3,(H,19,21). The van der Waals surface area contributed by atoms with Gasteiger partial charge in [0.2, 0.25) is 5.91 Å². The molecule has 0 unspecified atom stereocenters. The van der Waals surface area contributed by atoms with Crippen LogP contribution in [-0.2, 0) is 4.79 Å². The second kappa shape index (κ2) is 7.02. The molecule has 0 saturated carbocycles. The minimum atomic E-state index is -0.534. The molecule has 0 aliphatic heterocycles. The van der Waals surface area contributed by atoms with Crippen molar-refractivity contribution < 1.29 is 14.1 Å². The van der Waals surface area contributed by atoms with Crippen molar-refractivity contribution in [2.75, 3.05) is 5.32 Å². The Bertz CT molecular complexity index is 786. The number of non-ortho nitro benzene ring substituents is 1. The summed E-state index contributed by atoms with van der Waals surface area (Å²) in [5.74, 6) is -1.03. The van der Waals surface area contributed by atoms with Crippen LogP contribution in [0, 0.1) is 22.9 Å². The van der Waals surface area contributed by atoms with Gasteiger partial charge in [-0.15, -0.1) is 0 Å². The molecule has 0 saturated heterocycles. The summed E-state index contributed by atoms with van der Waals surface area (Å²) in [4.78, 5) is 22.0. The fourth-order valence-electron chi connectivity index (χ4n) is 1.91. The molecule has 0 radical (unpaired) electrons. The van der Waals surface area contributed by atoms with Gasteiger partial charge in [-0.3, -0.25) is 14.9 Å². The number of carbonyl (C=O) groups is 1. The quantitative estimate of drug-likeness (QED) is 0.513. The number of hydrogen-bond acceptors (Lipinski definition) is 3. The Balaban J connectivity index is 2.14. The van der Waals surface area contributed by atoms with Gasteiger partial charge in [0, 0.05) is 29.5 Å². The lowest BCUT2D eigenvalue weighted by atomic mass is 10.1. The second-order valence-electron chi connectivity index (χ2n) is 4.71. The zero-order chi connectivity index (χ0) is 17.0. The predicted molar refractivity (Wildman–Crippen MR) is 86.9 cm³/mol. The SMILES string of the molecule is Cc1cc([N+](=O)[O-])ccc1NC(=O)C=Cc1c(F)cccc1Cl. The molecule has 0 fully saturated rings. The van der Waals surface area contributed by atoms with Gasteiger partial charge in [-0.05, 0) is 36.8 Å². The predicted octanol–water partition coefficient (Wildman–Crippen LogP) is 4.35. The molecule has 1 N–H and O–H groups in total. The van der Waals surface area contributed by atoms with E-state index in [1.807, 2.05) is 0 Å². The summed E-state index contributed by atoms with van der Waals surface area (Å²) in [7, 11) is 0. The van der Waals surface area contributed by atoms with Crippen molar-refractivity contribution >= 4 is 35.0 Å². The monoisotopic (exact) mass is 334 g/mol. The van der Waals surface area contributed by atoms with E-state index in [-0.39, 0.29) is 16.3 Å². The summed E-state index contributed by atoms with van der Waals surface area (Å²) >= 11 is 5.86. The number of nitrogens with zero attached hydrogens (tertiary/aromatic N) is 1. The highest BCUT2D eigenvalue weighted by Gasteiger charge is 2.09. The van der Waals surface area contributed by atoms with Crippen LogP contribution in [0.2, 0.25) is 5.02 Å². The molecule has 7 heteroatoms. The van der Waals surface area contributed by atoms with Gasteiger partial charge in [0.05, 0.1) is 9.95 Å². The summed E-state index contributed by atoms with van der Waals surface area (Å²) in [6, 6.07) is 8.31. The number of halogens is 2. The zero-order valence-electron chi connectivity index (χ0n) is 12.0. The van der Waals surface area contributed by atoms with E-state index in [0.717, 1.165) is 6.08 Å². The first-order valence-electron chi connectivity index (χ1n) is 6.56. The number of anilines is 1. The normalized spacial score (nSPS) is 10.7. The van der Waals surface area contributed by atoms with Crippen molar-refractivity contribution in [3.63, 3.8) is 0 Å². The van der Waals surface area contributed by atoms with E-state index >= 15 is 0 Å². The van der Waals surface area contributed by atoms with Gasteiger partial charge in [0.25, 0.3) is 5.69 Å². The third kappa shape index (κ3) is 4.14. The molecule has 2 aromatic carbocycles. The number of amides is 1. The first kappa shape index (κ1) is 16.6. The number of aryl methyl sites for hydroxylation is 1. The van der Waals surface area contributed by atoms with Crippen LogP contribution in [-0.4, -0.2) is 10.8 Å². The van der Waals surface area contributed by atoms with Crippen molar-refractivity contribution in [1.82, 2.24) is 0 Å². The minimum absolute atomic E-state index is 0.0609. The van der Waals surface area contributed by atoms with Crippen LogP contribution in [0.5, 0.6) is 0 Å². The van der Waals surface area contributed by atoms with E-state index in [9.17, 15) is 19.3 Å². The molecule has 118 valence electrons. The van der Waals surface area contributed by atoms with Gasteiger partial charge in [-0.1, -0.05) is 17.7 Å². The maximum atomic E-state index is 13.6. The fraction of sp³-hybridized carbons (Fsp3) is 0.0625. The molecule has 0 aliphatic rings. The molecule has 0 aromatic heterocycles. The molecule has 2 rings (SSSR count). The molecule has 23 heavy (non-hydrogen) atoms. The molecular formula is C16H12ClFN2O3. The lowest BCUT2D eigenvalue weighted by Crippen LogP contribution is -2.09. The van der Waals surface area contributed by atoms with E-state index in [0.29, 0.717) is 11.3 Å². The van der Waals surface area contributed by atoms with Crippen LogP contribution in [0.15, 0.2) is 42.5 Å². The van der Waals surface area contributed by atoms with Crippen LogP contribution in [0.25, 0.3) is 6.08 Å². The third-order valence-corrected chi connectivity index (χ3v) is 3.41. The number of benzene rings is 2. The van der Waals surface area contributed by atoms with Crippen LogP contribution in [0.3, 0.4) is 0 Å². The molecule has 1 amide bonds. The van der Waals surface area contributed by atoms with Crippen LogP contribution in [0.4, 0.5) is 15.8 Å². The summed E-state index contributed by atoms with van der Waals surface area (Å²) in [5.41, 5.74) is 1.04. The van der Waals surface area contributed by atoms with E-state index in [4.69, 9.17) is 11.6 Å². The van der Waals surface area contributed by atoms with Gasteiger partial charge < -0.3 is 5.32 Å². The molecule has 0 bridgehead atoms. The number of nitro benzene ring substituents is 1. The van der Waals surface area contributed by atoms with Gasteiger partial charge in [-0.25, -0.2) is 4.39 Å². The van der Waals surface area contributed by atoms with E-state index in [1.54, 1.807) is 6.92 Å². The van der Waals surface area contributed by atoms with Gasteiger partial charge in [0.15, 0.2) is 0 Å². The Morgan fingerprint density at radius 3 is 2.70 bits per heavy atom. The number of hydrogen-bond donors (Lipinski definition) is 1. The van der Waals surface area contributed by atoms with Crippen molar-refractivity contribution in [2.24, 2.45) is 0 Å². The van der Waals surface area contributed by atoms with Crippen molar-refractivity contribution in [2.45, 2.75) is 6.92 Å². The Morgan fingerprint density at radius 2 is 2.09 bits per heavy atom. The Morgan fingerprint density at radius 1 is 1.35 bits per heavy atom. The molecule has 0 spiro atoms. The molecular weight excluding hydrogens is 323 g/mol. The summed E-state index contributed by atoms with van der Waals surface area (Å²) < 4.78 is 13.6. The molecule has 0 aliphatic carbocycles. The molecule has 0 heterocycles. The van der Waals surface area contributed by atoms with Crippen LogP contribution < -0.4 is 5.32 Å². The van der Waals surface area contributed by atoms with Crippen molar-refractivity contribution in [3.05, 3.63) is 74.6 Å². The van der Waals surface area contributed by atoms with Crippen molar-refractivity contribution in [1.29, 1.82) is 0 Å². The van der Waals surface area contributed by atoms with Gasteiger partial charge >= 0.3 is 0 Å². The highest BCUT2D eigenvalue weighted by Crippen LogP contribution is 2.22. The van der Waals surface area contributed by atoms with Gasteiger partial charge in [-0.2, -0.15) is 0 Å². The number of nitrogens with one attached hydrogen (secondary N) is 1. The fourth-order valence-corrected chi connectivity index (χ4v) is 2.13. The highest BCUT2D eigenvalue weighted by atomic mass is 35.5. The lowest BCUT2D eigenvalue weighted by Gasteiger charge is -2.06. The zero-order valence-corrected chi connectivity index (χ0v) is 12.8. The lowest BCUT2D eigenvalue weighted by molar-refractivity contribution is -0.384. The average Bonchev–Trinajstić information content (AvgIpc) is 2.48. The molecule has 0 atom stereocenters. The first-order chi connectivity index (χ1) is 10.9. The summed E-state index contributed by atoms with van der Waals surface area (Å²) in [6.45, 7) is 1.64. The van der Waals surface area contributed by atoms with Crippen molar-refractivity contribution in [3.8, 4) is 0 Å². The third-order valence-electron chi connectivity index (χ3n) is 3.08. The number of rotatable bonds is 4. The van der Waals surface area contributed by atoms with Crippen LogP contribution in [0.1, 0.15) is 11.1 Å². The van der Waals surface area contributed by atoms with Gasteiger partial charge in [0.1, 0.15) is 5.82 Å². The smallest absolute Gasteiger partial charge is 0.269 e. The van der Waals surface area contributed by atoms with E-state index < -0.39 is 16.6 Å². The highest BCUT2D eigenvalue weighted by molar-refractivity contribution is 6.32. The van der Waals surface area contributed by atoms with E-state index in [1.165, 1.54) is 42.5 Å².